The highest BCUT2D eigenvalue weighted by Crippen LogP contribution is 2.27. The van der Waals surface area contributed by atoms with Crippen LogP contribution in [0.25, 0.3) is 5.70 Å². The molecule has 0 amide bonds. The first-order valence-corrected chi connectivity index (χ1v) is 13.3. The Labute approximate surface area is 218 Å². The molecule has 0 atom stereocenters. The van der Waals surface area contributed by atoms with Gasteiger partial charge in [0.1, 0.15) is 0 Å². The molecule has 6 nitrogen and oxygen atoms in total. The Morgan fingerprint density at radius 1 is 1.00 bits per heavy atom. The van der Waals surface area contributed by atoms with Crippen molar-refractivity contribution in [3.63, 3.8) is 0 Å². The van der Waals surface area contributed by atoms with Gasteiger partial charge in [-0.15, -0.1) is 6.42 Å². The van der Waals surface area contributed by atoms with E-state index < -0.39 is 0 Å². The largest absolute Gasteiger partial charge is 0.373 e. The molecule has 194 valence electrons. The average Bonchev–Trinajstić information content (AvgIpc) is 2.89. The summed E-state index contributed by atoms with van der Waals surface area (Å²) in [5.41, 5.74) is 8.36. The Bertz CT molecular complexity index is 1040. The van der Waals surface area contributed by atoms with Crippen molar-refractivity contribution in [2.45, 2.75) is 54.0 Å². The maximum Gasteiger partial charge on any atom is 0.218 e. The van der Waals surface area contributed by atoms with Gasteiger partial charge in [0.15, 0.2) is 0 Å². The van der Waals surface area contributed by atoms with Crippen molar-refractivity contribution in [2.75, 3.05) is 52.4 Å². The second-order valence-electron chi connectivity index (χ2n) is 9.90. The first kappa shape index (κ1) is 27.5. The molecule has 0 unspecified atom stereocenters. The zero-order chi connectivity index (χ0) is 26.2. The molecular weight excluding hydrogens is 444 g/mol. The Morgan fingerprint density at radius 3 is 2.19 bits per heavy atom. The summed E-state index contributed by atoms with van der Waals surface area (Å²) < 4.78 is 0. The Hall–Kier alpha value is -3.04. The molecule has 0 radical (unpaired) electrons. The van der Waals surface area contributed by atoms with Gasteiger partial charge in [-0.25, -0.2) is 4.99 Å². The van der Waals surface area contributed by atoms with Crippen LogP contribution in [0.3, 0.4) is 0 Å². The predicted molar refractivity (Wildman–Crippen MR) is 153 cm³/mol. The molecule has 2 heterocycles. The fourth-order valence-corrected chi connectivity index (χ4v) is 5.17. The quantitative estimate of drug-likeness (QED) is 0.342. The second-order valence-corrected chi connectivity index (χ2v) is 9.90. The average molecular weight is 489 g/mol. The highest BCUT2D eigenvalue weighted by molar-refractivity contribution is 6.04. The lowest BCUT2D eigenvalue weighted by molar-refractivity contribution is 0.150. The topological polar surface area (TPSA) is 49.2 Å². The number of hydrogen-bond donors (Lipinski definition) is 1. The lowest BCUT2D eigenvalue weighted by Gasteiger charge is -2.38. The molecule has 1 aromatic rings. The van der Waals surface area contributed by atoms with Gasteiger partial charge in [-0.1, -0.05) is 38.5 Å². The first-order valence-electron chi connectivity index (χ1n) is 13.3. The molecule has 6 heteroatoms. The summed E-state index contributed by atoms with van der Waals surface area (Å²) in [5.74, 6) is 2.74. The van der Waals surface area contributed by atoms with Gasteiger partial charge in [0.05, 0.1) is 5.71 Å². The number of aliphatic imine (C=N–C) groups is 1. The van der Waals surface area contributed by atoms with Crippen LogP contribution in [-0.4, -0.2) is 83.6 Å². The molecule has 2 aliphatic heterocycles. The van der Waals surface area contributed by atoms with Gasteiger partial charge in [-0.2, -0.15) is 0 Å². The second kappa shape index (κ2) is 12.8. The van der Waals surface area contributed by atoms with Gasteiger partial charge in [-0.3, -0.25) is 10.3 Å². The molecule has 0 bridgehead atoms. The van der Waals surface area contributed by atoms with Gasteiger partial charge in [0, 0.05) is 75.9 Å². The van der Waals surface area contributed by atoms with E-state index in [0.29, 0.717) is 5.71 Å². The molecule has 0 aliphatic carbocycles. The van der Waals surface area contributed by atoms with Gasteiger partial charge >= 0.3 is 0 Å². The molecule has 3 rings (SSSR count). The van der Waals surface area contributed by atoms with Gasteiger partial charge in [-0.05, 0) is 56.4 Å². The van der Waals surface area contributed by atoms with Crippen LogP contribution in [0.2, 0.25) is 0 Å². The summed E-state index contributed by atoms with van der Waals surface area (Å²) in [5, 5.41) is 8.22. The Kier molecular flexibility index (Phi) is 9.78. The van der Waals surface area contributed by atoms with E-state index in [1.165, 1.54) is 28.0 Å². The van der Waals surface area contributed by atoms with E-state index in [-0.39, 0.29) is 5.96 Å². The normalized spacial score (nSPS) is 17.8. The van der Waals surface area contributed by atoms with Crippen molar-refractivity contribution in [3.8, 4) is 12.3 Å². The number of hydrogen-bond acceptors (Lipinski definition) is 4. The van der Waals surface area contributed by atoms with E-state index >= 15 is 0 Å². The van der Waals surface area contributed by atoms with Crippen LogP contribution in [0, 0.1) is 31.6 Å². The SMILES string of the molecule is C#CC(C)=NC(=N)N1CCN(C(=C)c2cc(CN3CCN(/C(=C/CC)CC)CC3)c(C)cc2C)CC1. The van der Waals surface area contributed by atoms with Crippen LogP contribution in [-0.2, 0) is 6.54 Å². The van der Waals surface area contributed by atoms with Gasteiger partial charge in [0.2, 0.25) is 5.96 Å². The smallest absolute Gasteiger partial charge is 0.218 e. The molecule has 1 N–H and O–H groups in total. The molecule has 0 aromatic heterocycles. The number of rotatable bonds is 7. The van der Waals surface area contributed by atoms with Crippen molar-refractivity contribution in [2.24, 2.45) is 4.99 Å². The Balaban J connectivity index is 1.63. The van der Waals surface area contributed by atoms with Crippen LogP contribution < -0.4 is 0 Å². The maximum absolute atomic E-state index is 8.22. The molecular formula is C30H44N6. The number of benzene rings is 1. The molecule has 0 saturated carbocycles. The summed E-state index contributed by atoms with van der Waals surface area (Å²) in [6.45, 7) is 23.7. The minimum absolute atomic E-state index is 0.251. The number of piperazine rings is 2. The van der Waals surface area contributed by atoms with Crippen LogP contribution in [0.4, 0.5) is 0 Å². The summed E-state index contributed by atoms with van der Waals surface area (Å²) >= 11 is 0. The van der Waals surface area contributed by atoms with Crippen molar-refractivity contribution < 1.29 is 0 Å². The zero-order valence-electron chi connectivity index (χ0n) is 23.0. The summed E-state index contributed by atoms with van der Waals surface area (Å²) in [4.78, 5) is 13.7. The van der Waals surface area contributed by atoms with Crippen LogP contribution in [0.1, 0.15) is 55.9 Å². The van der Waals surface area contributed by atoms with E-state index in [1.54, 1.807) is 6.92 Å². The third-order valence-electron chi connectivity index (χ3n) is 7.41. The minimum Gasteiger partial charge on any atom is -0.373 e. The highest BCUT2D eigenvalue weighted by Gasteiger charge is 2.23. The number of nitrogens with one attached hydrogen (secondary N) is 1. The molecule has 1 aromatic carbocycles. The minimum atomic E-state index is 0.251. The van der Waals surface area contributed by atoms with Gasteiger partial charge in [0.25, 0.3) is 0 Å². The number of nitrogens with zero attached hydrogens (tertiary/aromatic N) is 5. The van der Waals surface area contributed by atoms with E-state index in [4.69, 9.17) is 11.8 Å². The standard InChI is InChI=1S/C30H44N6/c1-8-11-28(10-3)35-14-12-33(13-15-35)22-27-21-29(24(5)20-23(27)4)26(7)34-16-18-36(19-17-34)30(31)32-25(6)9-2/h2,11,20-21,31H,7-8,10,12-19,22H2,1,3-6H3/b28-11+,31-30?,32-25?. The van der Waals surface area contributed by atoms with E-state index in [0.717, 1.165) is 77.4 Å². The van der Waals surface area contributed by atoms with Crippen molar-refractivity contribution in [1.82, 2.24) is 19.6 Å². The van der Waals surface area contributed by atoms with E-state index in [1.807, 2.05) is 4.90 Å². The van der Waals surface area contributed by atoms with Crippen molar-refractivity contribution in [3.05, 3.63) is 52.7 Å². The van der Waals surface area contributed by atoms with Crippen LogP contribution in [0.5, 0.6) is 0 Å². The predicted octanol–water partition coefficient (Wildman–Crippen LogP) is 4.74. The number of aryl methyl sites for hydroxylation is 2. The molecule has 2 saturated heterocycles. The molecule has 2 fully saturated rings. The fraction of sp³-hybridized carbons (Fsp3) is 0.533. The summed E-state index contributed by atoms with van der Waals surface area (Å²) in [6, 6.07) is 4.68. The maximum atomic E-state index is 8.22. The summed E-state index contributed by atoms with van der Waals surface area (Å²) in [6.07, 6.45) is 9.99. The highest BCUT2D eigenvalue weighted by atomic mass is 15.3. The Morgan fingerprint density at radius 2 is 1.61 bits per heavy atom. The number of guanidine groups is 1. The van der Waals surface area contributed by atoms with Gasteiger partial charge < -0.3 is 14.7 Å². The fourth-order valence-electron chi connectivity index (χ4n) is 5.17. The monoisotopic (exact) mass is 488 g/mol. The summed E-state index contributed by atoms with van der Waals surface area (Å²) in [7, 11) is 0. The van der Waals surface area contributed by atoms with E-state index in [2.05, 4.69) is 78.1 Å². The molecule has 2 aliphatic rings. The zero-order valence-corrected chi connectivity index (χ0v) is 23.0. The number of allylic oxidation sites excluding steroid dienone is 2. The third-order valence-corrected chi connectivity index (χ3v) is 7.41. The lowest BCUT2D eigenvalue weighted by Crippen LogP contribution is -2.47. The molecule has 36 heavy (non-hydrogen) atoms. The van der Waals surface area contributed by atoms with Crippen molar-refractivity contribution >= 4 is 17.4 Å². The third kappa shape index (κ3) is 6.79. The molecule has 0 spiro atoms. The lowest BCUT2D eigenvalue weighted by atomic mass is 9.97. The van der Waals surface area contributed by atoms with Crippen LogP contribution >= 0.6 is 0 Å². The number of terminal acetylenes is 1. The van der Waals surface area contributed by atoms with E-state index in [9.17, 15) is 0 Å². The first-order chi connectivity index (χ1) is 17.3. The van der Waals surface area contributed by atoms with Crippen LogP contribution in [0.15, 0.2) is 35.5 Å². The van der Waals surface area contributed by atoms with Crippen molar-refractivity contribution in [1.29, 1.82) is 5.41 Å².